The van der Waals surface area contributed by atoms with Gasteiger partial charge in [0.05, 0.1) is 4.92 Å². The molecule has 0 saturated carbocycles. The molecule has 110 valence electrons. The summed E-state index contributed by atoms with van der Waals surface area (Å²) in [5, 5.41) is 42.6. The zero-order valence-electron chi connectivity index (χ0n) is 9.78. The summed E-state index contributed by atoms with van der Waals surface area (Å²) < 4.78 is 0. The standard InChI is InChI=1S/C5H5N3O2.C4H6O6/c6-5-2-1-4(3-7-5)8(9)10;5-1(3(7)8)2(6)4(9)10/h1-3H,(H2,6,7);1-2,5-6H,(H,7,8)(H,9,10). The minimum Gasteiger partial charge on any atom is -0.479 e. The fourth-order valence-corrected chi connectivity index (χ4v) is 0.776. The van der Waals surface area contributed by atoms with E-state index in [1.165, 1.54) is 12.1 Å². The van der Waals surface area contributed by atoms with Gasteiger partial charge in [0.15, 0.2) is 12.2 Å². The van der Waals surface area contributed by atoms with E-state index in [4.69, 9.17) is 26.2 Å². The topological polar surface area (TPSA) is 197 Å². The maximum Gasteiger partial charge on any atom is 0.335 e. The smallest absolute Gasteiger partial charge is 0.335 e. The Bertz CT molecular complexity index is 470. The van der Waals surface area contributed by atoms with Crippen molar-refractivity contribution in [1.82, 2.24) is 4.98 Å². The van der Waals surface area contributed by atoms with Crippen LogP contribution < -0.4 is 5.73 Å². The van der Waals surface area contributed by atoms with E-state index in [-0.39, 0.29) is 11.5 Å². The summed E-state index contributed by atoms with van der Waals surface area (Å²) in [4.78, 5) is 32.6. The summed E-state index contributed by atoms with van der Waals surface area (Å²) >= 11 is 0. The lowest BCUT2D eigenvalue weighted by molar-refractivity contribution is -0.385. The molecule has 11 heteroatoms. The molecule has 0 spiro atoms. The largest absolute Gasteiger partial charge is 0.479 e. The quantitative estimate of drug-likeness (QED) is 0.319. The van der Waals surface area contributed by atoms with Gasteiger partial charge in [0, 0.05) is 6.07 Å². The Morgan fingerprint density at radius 3 is 1.90 bits per heavy atom. The highest BCUT2D eigenvalue weighted by molar-refractivity contribution is 5.83. The monoisotopic (exact) mass is 289 g/mol. The number of nitro groups is 1. The fourth-order valence-electron chi connectivity index (χ4n) is 0.776. The summed E-state index contributed by atoms with van der Waals surface area (Å²) in [6, 6.07) is 2.69. The summed E-state index contributed by atoms with van der Waals surface area (Å²) in [5.74, 6) is -3.25. The van der Waals surface area contributed by atoms with Crippen LogP contribution in [0, 0.1) is 10.1 Å². The third-order valence-electron chi connectivity index (χ3n) is 1.79. The number of anilines is 1. The van der Waals surface area contributed by atoms with Gasteiger partial charge in [-0.25, -0.2) is 14.6 Å². The molecule has 0 aliphatic heterocycles. The van der Waals surface area contributed by atoms with Gasteiger partial charge in [-0.2, -0.15) is 0 Å². The number of aliphatic hydroxyl groups excluding tert-OH is 2. The first-order valence-electron chi connectivity index (χ1n) is 4.84. The molecule has 0 aliphatic rings. The molecule has 0 aromatic carbocycles. The number of nitrogen functional groups attached to an aromatic ring is 1. The van der Waals surface area contributed by atoms with Crippen LogP contribution in [-0.4, -0.2) is 54.5 Å². The number of hydrogen-bond acceptors (Lipinski definition) is 8. The molecule has 1 rings (SSSR count). The second-order valence-corrected chi connectivity index (χ2v) is 3.26. The van der Waals surface area contributed by atoms with Gasteiger partial charge in [-0.15, -0.1) is 0 Å². The number of carboxylic acid groups (broad SMARTS) is 2. The summed E-state index contributed by atoms with van der Waals surface area (Å²) in [6.07, 6.45) is -3.41. The zero-order valence-corrected chi connectivity index (χ0v) is 9.78. The molecular weight excluding hydrogens is 278 g/mol. The summed E-state index contributed by atoms with van der Waals surface area (Å²) in [5.41, 5.74) is 5.15. The minimum atomic E-state index is -2.27. The summed E-state index contributed by atoms with van der Waals surface area (Å²) in [6.45, 7) is 0. The van der Waals surface area contributed by atoms with E-state index in [0.717, 1.165) is 6.20 Å². The van der Waals surface area contributed by atoms with E-state index in [1.54, 1.807) is 0 Å². The van der Waals surface area contributed by atoms with Gasteiger partial charge in [0.2, 0.25) is 0 Å². The van der Waals surface area contributed by atoms with Crippen molar-refractivity contribution in [2.24, 2.45) is 0 Å². The lowest BCUT2D eigenvalue weighted by Crippen LogP contribution is -2.39. The fraction of sp³-hybridized carbons (Fsp3) is 0.222. The number of aliphatic carboxylic acids is 2. The minimum absolute atomic E-state index is 0.0470. The normalized spacial score (nSPS) is 12.5. The molecule has 2 unspecified atom stereocenters. The van der Waals surface area contributed by atoms with Crippen molar-refractivity contribution in [3.63, 3.8) is 0 Å². The molecule has 0 amide bonds. The highest BCUT2D eigenvalue weighted by Gasteiger charge is 2.29. The Morgan fingerprint density at radius 1 is 1.20 bits per heavy atom. The van der Waals surface area contributed by atoms with Crippen LogP contribution >= 0.6 is 0 Å². The SMILES string of the molecule is Nc1ccc([N+](=O)[O-])cn1.O=C(O)C(O)C(O)C(=O)O. The number of aromatic nitrogens is 1. The first-order valence-corrected chi connectivity index (χ1v) is 4.84. The van der Waals surface area contributed by atoms with E-state index in [1.807, 2.05) is 0 Å². The Hall–Kier alpha value is -2.79. The van der Waals surface area contributed by atoms with E-state index >= 15 is 0 Å². The number of rotatable bonds is 4. The Kier molecular flexibility index (Phi) is 6.54. The maximum atomic E-state index is 10.0. The first kappa shape index (κ1) is 17.2. The Labute approximate surface area is 111 Å². The molecule has 1 heterocycles. The molecule has 1 aromatic heterocycles. The number of carbonyl (C=O) groups is 2. The van der Waals surface area contributed by atoms with E-state index < -0.39 is 29.1 Å². The van der Waals surface area contributed by atoms with E-state index in [9.17, 15) is 19.7 Å². The van der Waals surface area contributed by atoms with Crippen molar-refractivity contribution in [1.29, 1.82) is 0 Å². The van der Waals surface area contributed by atoms with Gasteiger partial charge in [-0.1, -0.05) is 0 Å². The molecule has 2 atom stereocenters. The lowest BCUT2D eigenvalue weighted by atomic mass is 10.2. The van der Waals surface area contributed by atoms with E-state index in [2.05, 4.69) is 4.98 Å². The van der Waals surface area contributed by atoms with Crippen molar-refractivity contribution in [2.75, 3.05) is 5.73 Å². The Balaban J connectivity index is 0.000000361. The number of pyridine rings is 1. The predicted octanol–water partition coefficient (Wildman–Crippen LogP) is -1.55. The van der Waals surface area contributed by atoms with Gasteiger partial charge in [-0.3, -0.25) is 10.1 Å². The van der Waals surface area contributed by atoms with Crippen molar-refractivity contribution in [2.45, 2.75) is 12.2 Å². The van der Waals surface area contributed by atoms with Crippen LogP contribution in [0.1, 0.15) is 0 Å². The average Bonchev–Trinajstić information content (AvgIpc) is 2.38. The van der Waals surface area contributed by atoms with Gasteiger partial charge >= 0.3 is 11.9 Å². The number of nitrogens with two attached hydrogens (primary N) is 1. The lowest BCUT2D eigenvalue weighted by Gasteiger charge is -2.07. The van der Waals surface area contributed by atoms with E-state index in [0.29, 0.717) is 0 Å². The second kappa shape index (κ2) is 7.60. The van der Waals surface area contributed by atoms with Crippen molar-refractivity contribution < 1.29 is 34.9 Å². The number of aliphatic hydroxyl groups is 2. The van der Waals surface area contributed by atoms with Crippen LogP contribution in [0.5, 0.6) is 0 Å². The first-order chi connectivity index (χ1) is 9.16. The summed E-state index contributed by atoms with van der Waals surface area (Å²) in [7, 11) is 0. The third-order valence-corrected chi connectivity index (χ3v) is 1.79. The molecule has 0 bridgehead atoms. The third kappa shape index (κ3) is 5.70. The Morgan fingerprint density at radius 2 is 1.65 bits per heavy atom. The molecule has 0 saturated heterocycles. The average molecular weight is 289 g/mol. The molecule has 0 fully saturated rings. The van der Waals surface area contributed by atoms with Crippen LogP contribution in [0.3, 0.4) is 0 Å². The molecule has 0 radical (unpaired) electrons. The number of hydrogen-bond donors (Lipinski definition) is 5. The van der Waals surface area contributed by atoms with Gasteiger partial charge in [0.25, 0.3) is 5.69 Å². The molecule has 1 aromatic rings. The highest BCUT2D eigenvalue weighted by Crippen LogP contribution is 2.08. The van der Waals surface area contributed by atoms with Crippen LogP contribution in [-0.2, 0) is 9.59 Å². The number of carboxylic acids is 2. The molecule has 0 aliphatic carbocycles. The van der Waals surface area contributed by atoms with Crippen LogP contribution in [0.4, 0.5) is 11.5 Å². The molecule has 20 heavy (non-hydrogen) atoms. The van der Waals surface area contributed by atoms with Gasteiger partial charge < -0.3 is 26.2 Å². The van der Waals surface area contributed by atoms with Crippen molar-refractivity contribution in [3.8, 4) is 0 Å². The second-order valence-electron chi connectivity index (χ2n) is 3.26. The van der Waals surface area contributed by atoms with Crippen LogP contribution in [0.25, 0.3) is 0 Å². The van der Waals surface area contributed by atoms with Crippen molar-refractivity contribution in [3.05, 3.63) is 28.4 Å². The molecule has 11 nitrogen and oxygen atoms in total. The van der Waals surface area contributed by atoms with Gasteiger partial charge in [0.1, 0.15) is 12.0 Å². The maximum absolute atomic E-state index is 10.0. The highest BCUT2D eigenvalue weighted by atomic mass is 16.6. The van der Waals surface area contributed by atoms with Crippen LogP contribution in [0.2, 0.25) is 0 Å². The molecule has 6 N–H and O–H groups in total. The van der Waals surface area contributed by atoms with Crippen LogP contribution in [0.15, 0.2) is 18.3 Å². The zero-order chi connectivity index (χ0) is 15.9. The molecular formula is C9H11N3O8. The van der Waals surface area contributed by atoms with Gasteiger partial charge in [-0.05, 0) is 6.07 Å². The van der Waals surface area contributed by atoms with Crippen molar-refractivity contribution >= 4 is 23.4 Å². The predicted molar refractivity (Wildman–Crippen MR) is 62.6 cm³/mol. The number of nitrogens with zero attached hydrogens (tertiary/aromatic N) is 2.